The summed E-state index contributed by atoms with van der Waals surface area (Å²) in [4.78, 5) is 42.4. The number of methoxy groups -OCH3 is 1. The van der Waals surface area contributed by atoms with Crippen LogP contribution >= 0.6 is 0 Å². The number of hydrogen-bond donors (Lipinski definition) is 1. The highest BCUT2D eigenvalue weighted by molar-refractivity contribution is 6.51. The number of benzene rings is 3. The van der Waals surface area contributed by atoms with Gasteiger partial charge in [0.05, 0.1) is 30.9 Å². The van der Waals surface area contributed by atoms with E-state index in [1.807, 2.05) is 43.3 Å². The highest BCUT2D eigenvalue weighted by atomic mass is 16.5. The van der Waals surface area contributed by atoms with Crippen molar-refractivity contribution in [1.29, 1.82) is 0 Å². The summed E-state index contributed by atoms with van der Waals surface area (Å²) < 4.78 is 10.6. The maximum Gasteiger partial charge on any atom is 0.337 e. The van der Waals surface area contributed by atoms with Crippen LogP contribution in [0.2, 0.25) is 0 Å². The Hall–Kier alpha value is -4.59. The number of carbonyl (C=O) groups excluding carboxylic acids is 3. The van der Waals surface area contributed by atoms with Gasteiger partial charge in [0, 0.05) is 31.0 Å². The lowest BCUT2D eigenvalue weighted by Gasteiger charge is -2.26. The molecule has 8 nitrogen and oxygen atoms in total. The van der Waals surface area contributed by atoms with Gasteiger partial charge < -0.3 is 19.5 Å². The van der Waals surface area contributed by atoms with Crippen LogP contribution in [0.4, 0.5) is 11.4 Å². The van der Waals surface area contributed by atoms with Crippen LogP contribution in [0, 0.1) is 0 Å². The predicted molar refractivity (Wildman–Crippen MR) is 155 cm³/mol. The van der Waals surface area contributed by atoms with Crippen molar-refractivity contribution in [2.75, 3.05) is 37.6 Å². The van der Waals surface area contributed by atoms with Gasteiger partial charge in [-0.1, -0.05) is 38.0 Å². The second kappa shape index (κ2) is 12.5. The number of unbranched alkanes of at least 4 members (excludes halogenated alkanes) is 2. The summed E-state index contributed by atoms with van der Waals surface area (Å²) in [5.74, 6) is -1.82. The highest BCUT2D eigenvalue weighted by Gasteiger charge is 2.47. The molecule has 8 heteroatoms. The van der Waals surface area contributed by atoms with E-state index in [1.54, 1.807) is 42.5 Å². The molecule has 208 valence electrons. The van der Waals surface area contributed by atoms with Crippen LogP contribution < -0.4 is 14.5 Å². The summed E-state index contributed by atoms with van der Waals surface area (Å²) in [7, 11) is 5.10. The smallest absolute Gasteiger partial charge is 0.337 e. The first-order valence-corrected chi connectivity index (χ1v) is 13.3. The van der Waals surface area contributed by atoms with Gasteiger partial charge in [0.2, 0.25) is 0 Å². The van der Waals surface area contributed by atoms with E-state index < -0.39 is 23.7 Å². The number of Topliss-reactive ketones (excluding diaryl/α,β-unsaturated/α-hetero) is 1. The molecule has 1 N–H and O–H groups in total. The average molecular weight is 543 g/mol. The molecule has 0 aromatic heterocycles. The van der Waals surface area contributed by atoms with Gasteiger partial charge in [-0.3, -0.25) is 14.5 Å². The van der Waals surface area contributed by atoms with E-state index in [-0.39, 0.29) is 16.9 Å². The lowest BCUT2D eigenvalue weighted by Crippen LogP contribution is -2.29. The molecule has 1 aliphatic rings. The maximum atomic E-state index is 13.5. The summed E-state index contributed by atoms with van der Waals surface area (Å²) in [6.45, 7) is 2.72. The van der Waals surface area contributed by atoms with Crippen molar-refractivity contribution in [2.45, 2.75) is 32.2 Å². The number of hydrogen-bond acceptors (Lipinski definition) is 7. The minimum absolute atomic E-state index is 0.0392. The Morgan fingerprint density at radius 3 is 2.27 bits per heavy atom. The van der Waals surface area contributed by atoms with Crippen molar-refractivity contribution in [2.24, 2.45) is 0 Å². The molecule has 3 aromatic carbocycles. The fraction of sp³-hybridized carbons (Fsp3) is 0.281. The molecule has 1 unspecified atom stereocenters. The second-order valence-electron chi connectivity index (χ2n) is 9.78. The van der Waals surface area contributed by atoms with E-state index in [1.165, 1.54) is 18.1 Å². The predicted octanol–water partition coefficient (Wildman–Crippen LogP) is 5.73. The number of carbonyl (C=O) groups is 3. The molecule has 1 aliphatic heterocycles. The van der Waals surface area contributed by atoms with Crippen LogP contribution in [0.15, 0.2) is 78.4 Å². The van der Waals surface area contributed by atoms with Crippen LogP contribution in [-0.2, 0) is 14.3 Å². The van der Waals surface area contributed by atoms with E-state index in [2.05, 4.69) is 6.92 Å². The molecular formula is C32H34N2O6. The van der Waals surface area contributed by atoms with Crippen molar-refractivity contribution in [3.8, 4) is 5.75 Å². The molecule has 4 rings (SSSR count). The third-order valence-electron chi connectivity index (χ3n) is 6.86. The monoisotopic (exact) mass is 542 g/mol. The SMILES string of the molecule is CCCCCOc1ccc(/C(O)=C2\C(=O)C(=O)N(c3cccc(C(=O)OC)c3)C2c2ccc(N(C)C)cc2)cc1. The Morgan fingerprint density at radius 1 is 0.950 bits per heavy atom. The Morgan fingerprint density at radius 2 is 1.65 bits per heavy atom. The molecule has 40 heavy (non-hydrogen) atoms. The first kappa shape index (κ1) is 28.4. The molecule has 0 radical (unpaired) electrons. The van der Waals surface area contributed by atoms with Crippen LogP contribution in [0.25, 0.3) is 5.76 Å². The van der Waals surface area contributed by atoms with E-state index in [0.717, 1.165) is 24.9 Å². The van der Waals surface area contributed by atoms with E-state index in [4.69, 9.17) is 9.47 Å². The summed E-state index contributed by atoms with van der Waals surface area (Å²) in [6, 6.07) is 19.6. The zero-order valence-corrected chi connectivity index (χ0v) is 23.2. The van der Waals surface area contributed by atoms with Gasteiger partial charge >= 0.3 is 5.97 Å². The molecule has 1 saturated heterocycles. The molecule has 0 bridgehead atoms. The zero-order valence-electron chi connectivity index (χ0n) is 23.2. The first-order valence-electron chi connectivity index (χ1n) is 13.3. The summed E-state index contributed by atoms with van der Waals surface area (Å²) in [6.07, 6.45) is 3.13. The van der Waals surface area contributed by atoms with Crippen LogP contribution in [0.3, 0.4) is 0 Å². The molecular weight excluding hydrogens is 508 g/mol. The van der Waals surface area contributed by atoms with Crippen molar-refractivity contribution >= 4 is 34.8 Å². The average Bonchev–Trinajstić information content (AvgIpc) is 3.24. The van der Waals surface area contributed by atoms with Crippen molar-refractivity contribution < 1.29 is 29.0 Å². The van der Waals surface area contributed by atoms with Gasteiger partial charge in [0.1, 0.15) is 11.5 Å². The fourth-order valence-corrected chi connectivity index (χ4v) is 4.68. The standard InChI is InChI=1S/C32H34N2O6/c1-5-6-7-19-40-26-17-13-22(14-18-26)29(35)27-28(21-11-15-24(16-12-21)33(2)3)34(31(37)30(27)36)25-10-8-9-23(20-25)32(38)39-4/h8-18,20,28,35H,5-7,19H2,1-4H3/b29-27+. The molecule has 1 heterocycles. The summed E-state index contributed by atoms with van der Waals surface area (Å²) in [5, 5.41) is 11.4. The number of ketones is 1. The molecule has 1 atom stereocenters. The van der Waals surface area contributed by atoms with Crippen LogP contribution in [0.5, 0.6) is 5.75 Å². The Bertz CT molecular complexity index is 1410. The van der Waals surface area contributed by atoms with Crippen molar-refractivity contribution in [1.82, 2.24) is 0 Å². The summed E-state index contributed by atoms with van der Waals surface area (Å²) in [5.41, 5.74) is 2.48. The van der Waals surface area contributed by atoms with Gasteiger partial charge in [-0.25, -0.2) is 4.79 Å². The molecule has 3 aromatic rings. The number of anilines is 2. The van der Waals surface area contributed by atoms with Gasteiger partial charge in [0.15, 0.2) is 0 Å². The molecule has 0 aliphatic carbocycles. The molecule has 1 fully saturated rings. The van der Waals surface area contributed by atoms with Gasteiger partial charge in [0.25, 0.3) is 11.7 Å². The number of aliphatic hydroxyl groups is 1. The first-order chi connectivity index (χ1) is 19.3. The number of esters is 1. The minimum atomic E-state index is -0.922. The molecule has 0 spiro atoms. The lowest BCUT2D eigenvalue weighted by molar-refractivity contribution is -0.132. The number of aliphatic hydroxyl groups excluding tert-OH is 1. The Balaban J connectivity index is 1.79. The Labute approximate surface area is 234 Å². The number of nitrogens with zero attached hydrogens (tertiary/aromatic N) is 2. The zero-order chi connectivity index (χ0) is 28.8. The van der Waals surface area contributed by atoms with Gasteiger partial charge in [-0.05, 0) is 66.6 Å². The minimum Gasteiger partial charge on any atom is -0.507 e. The van der Waals surface area contributed by atoms with Crippen molar-refractivity contribution in [3.63, 3.8) is 0 Å². The fourth-order valence-electron chi connectivity index (χ4n) is 4.68. The third-order valence-corrected chi connectivity index (χ3v) is 6.86. The van der Waals surface area contributed by atoms with Crippen molar-refractivity contribution in [3.05, 3.63) is 95.1 Å². The normalized spacial score (nSPS) is 16.2. The third kappa shape index (κ3) is 5.86. The van der Waals surface area contributed by atoms with E-state index in [0.29, 0.717) is 29.2 Å². The highest BCUT2D eigenvalue weighted by Crippen LogP contribution is 2.42. The van der Waals surface area contributed by atoms with Crippen LogP contribution in [-0.4, -0.2) is 50.6 Å². The lowest BCUT2D eigenvalue weighted by atomic mass is 9.94. The topological polar surface area (TPSA) is 96.4 Å². The molecule has 0 saturated carbocycles. The number of rotatable bonds is 10. The summed E-state index contributed by atoms with van der Waals surface area (Å²) >= 11 is 0. The van der Waals surface area contributed by atoms with Crippen LogP contribution in [0.1, 0.15) is 53.7 Å². The number of ether oxygens (including phenoxy) is 2. The second-order valence-corrected chi connectivity index (χ2v) is 9.78. The van der Waals surface area contributed by atoms with Gasteiger partial charge in [-0.15, -0.1) is 0 Å². The molecule has 1 amide bonds. The van der Waals surface area contributed by atoms with E-state index >= 15 is 0 Å². The number of amides is 1. The quantitative estimate of drug-likeness (QED) is 0.115. The maximum absolute atomic E-state index is 13.5. The van der Waals surface area contributed by atoms with E-state index in [9.17, 15) is 19.5 Å². The van der Waals surface area contributed by atoms with Gasteiger partial charge in [-0.2, -0.15) is 0 Å². The Kier molecular flexibility index (Phi) is 8.89. The largest absolute Gasteiger partial charge is 0.507 e.